The summed E-state index contributed by atoms with van der Waals surface area (Å²) in [6.45, 7) is 5.85. The van der Waals surface area contributed by atoms with Crippen LogP contribution < -0.4 is 0 Å². The molecule has 0 bridgehead atoms. The third-order valence-corrected chi connectivity index (χ3v) is 5.26. The van der Waals surface area contributed by atoms with Crippen molar-refractivity contribution in [1.82, 2.24) is 0 Å². The van der Waals surface area contributed by atoms with Crippen molar-refractivity contribution in [2.24, 2.45) is 0 Å². The van der Waals surface area contributed by atoms with E-state index in [9.17, 15) is 4.79 Å². The minimum Gasteiger partial charge on any atom is -0.429 e. The highest BCUT2D eigenvalue weighted by Gasteiger charge is 2.50. The van der Waals surface area contributed by atoms with E-state index < -0.39 is 4.32 Å². The number of esters is 1. The summed E-state index contributed by atoms with van der Waals surface area (Å²) in [6, 6.07) is 0. The fourth-order valence-corrected chi connectivity index (χ4v) is 2.41. The van der Waals surface area contributed by atoms with Gasteiger partial charge in [0.05, 0.1) is 0 Å². The highest BCUT2D eigenvalue weighted by atomic mass is 79.9. The Morgan fingerprint density at radius 2 is 2.31 bits per heavy atom. The standard InChI is InChI=1S/C9H12Br2O2/c1-3-4-5-9(11)6(2)13-8(12)7(9)10/h7H,2-5H2,1H3. The maximum absolute atomic E-state index is 11.2. The number of rotatable bonds is 3. The number of cyclic esters (lactones) is 1. The van der Waals surface area contributed by atoms with Crippen molar-refractivity contribution in [3.63, 3.8) is 0 Å². The second-order valence-electron chi connectivity index (χ2n) is 3.17. The van der Waals surface area contributed by atoms with Crippen LogP contribution in [0.15, 0.2) is 12.3 Å². The van der Waals surface area contributed by atoms with Gasteiger partial charge in [0.25, 0.3) is 0 Å². The third kappa shape index (κ3) is 1.99. The average Bonchev–Trinajstić information content (AvgIpc) is 2.28. The summed E-state index contributed by atoms with van der Waals surface area (Å²) in [7, 11) is 0. The van der Waals surface area contributed by atoms with Gasteiger partial charge in [-0.2, -0.15) is 0 Å². The molecule has 0 aromatic carbocycles. The van der Waals surface area contributed by atoms with E-state index in [0.717, 1.165) is 19.3 Å². The molecular weight excluding hydrogens is 300 g/mol. The summed E-state index contributed by atoms with van der Waals surface area (Å²) in [4.78, 5) is 10.9. The zero-order valence-corrected chi connectivity index (χ0v) is 10.7. The quantitative estimate of drug-likeness (QED) is 0.591. The molecule has 1 rings (SSSR count). The van der Waals surface area contributed by atoms with Crippen molar-refractivity contribution < 1.29 is 9.53 Å². The highest BCUT2D eigenvalue weighted by Crippen LogP contribution is 2.45. The van der Waals surface area contributed by atoms with Crippen LogP contribution >= 0.6 is 31.9 Å². The van der Waals surface area contributed by atoms with Crippen molar-refractivity contribution in [2.75, 3.05) is 0 Å². The van der Waals surface area contributed by atoms with Crippen molar-refractivity contribution in [3.8, 4) is 0 Å². The lowest BCUT2D eigenvalue weighted by molar-refractivity contribution is -0.134. The summed E-state index contributed by atoms with van der Waals surface area (Å²) in [6.07, 6.45) is 3.00. The van der Waals surface area contributed by atoms with Gasteiger partial charge in [-0.15, -0.1) is 0 Å². The van der Waals surface area contributed by atoms with Crippen molar-refractivity contribution >= 4 is 37.8 Å². The second-order valence-corrected chi connectivity index (χ2v) is 5.50. The molecule has 74 valence electrons. The van der Waals surface area contributed by atoms with Crippen LogP contribution in [0, 0.1) is 0 Å². The van der Waals surface area contributed by atoms with Gasteiger partial charge >= 0.3 is 5.97 Å². The molecule has 0 saturated carbocycles. The molecule has 0 aromatic heterocycles. The van der Waals surface area contributed by atoms with Crippen LogP contribution in [-0.4, -0.2) is 15.1 Å². The Bertz CT molecular complexity index is 240. The number of hydrogen-bond donors (Lipinski definition) is 0. The van der Waals surface area contributed by atoms with Gasteiger partial charge in [-0.1, -0.05) is 58.2 Å². The maximum atomic E-state index is 11.2. The number of hydrogen-bond acceptors (Lipinski definition) is 2. The first kappa shape index (κ1) is 11.2. The molecule has 2 atom stereocenters. The lowest BCUT2D eigenvalue weighted by Crippen LogP contribution is -2.30. The maximum Gasteiger partial charge on any atom is 0.326 e. The molecule has 1 fully saturated rings. The minimum absolute atomic E-state index is 0.252. The van der Waals surface area contributed by atoms with E-state index in [0.29, 0.717) is 5.76 Å². The summed E-state index contributed by atoms with van der Waals surface area (Å²) in [5.41, 5.74) is 0. The van der Waals surface area contributed by atoms with Gasteiger partial charge < -0.3 is 4.74 Å². The molecule has 1 heterocycles. The summed E-state index contributed by atoms with van der Waals surface area (Å²) in [5.74, 6) is 0.269. The number of carbonyl (C=O) groups is 1. The summed E-state index contributed by atoms with van der Waals surface area (Å²) < 4.78 is 4.56. The van der Waals surface area contributed by atoms with Crippen LogP contribution in [0.25, 0.3) is 0 Å². The van der Waals surface area contributed by atoms with Gasteiger partial charge in [0.1, 0.15) is 14.9 Å². The third-order valence-electron chi connectivity index (χ3n) is 2.19. The predicted octanol–water partition coefficient (Wildman–Crippen LogP) is 3.14. The van der Waals surface area contributed by atoms with Gasteiger partial charge in [0.2, 0.25) is 0 Å². The zero-order valence-electron chi connectivity index (χ0n) is 7.48. The molecule has 2 unspecified atom stereocenters. The lowest BCUT2D eigenvalue weighted by Gasteiger charge is -2.21. The first-order valence-electron chi connectivity index (χ1n) is 4.26. The number of alkyl halides is 2. The van der Waals surface area contributed by atoms with Gasteiger partial charge in [0.15, 0.2) is 0 Å². The molecule has 0 radical (unpaired) electrons. The van der Waals surface area contributed by atoms with E-state index in [1.807, 2.05) is 0 Å². The molecule has 1 saturated heterocycles. The first-order valence-corrected chi connectivity index (χ1v) is 5.97. The Balaban J connectivity index is 2.75. The van der Waals surface area contributed by atoms with Crippen molar-refractivity contribution in [3.05, 3.63) is 12.3 Å². The van der Waals surface area contributed by atoms with E-state index in [2.05, 4.69) is 45.4 Å². The van der Waals surface area contributed by atoms with Crippen molar-refractivity contribution in [1.29, 1.82) is 0 Å². The highest BCUT2D eigenvalue weighted by molar-refractivity contribution is 9.13. The molecule has 0 amide bonds. The molecule has 0 spiro atoms. The number of ether oxygens (including phenoxy) is 1. The summed E-state index contributed by atoms with van der Waals surface area (Å²) in [5, 5.41) is 0. The molecule has 13 heavy (non-hydrogen) atoms. The molecule has 2 nitrogen and oxygen atoms in total. The molecule has 4 heteroatoms. The van der Waals surface area contributed by atoms with Gasteiger partial charge in [-0.25, -0.2) is 0 Å². The van der Waals surface area contributed by atoms with Gasteiger partial charge in [-0.3, -0.25) is 4.79 Å². The number of allylic oxidation sites excluding steroid dienone is 1. The molecule has 0 N–H and O–H groups in total. The Kier molecular flexibility index (Phi) is 3.57. The fraction of sp³-hybridized carbons (Fsp3) is 0.667. The second kappa shape index (κ2) is 4.13. The van der Waals surface area contributed by atoms with Crippen LogP contribution in [0.3, 0.4) is 0 Å². The molecule has 0 aromatic rings. The lowest BCUT2D eigenvalue weighted by atomic mass is 9.99. The average molecular weight is 312 g/mol. The number of carbonyl (C=O) groups excluding carboxylic acids is 1. The predicted molar refractivity (Wildman–Crippen MR) is 59.1 cm³/mol. The first-order chi connectivity index (χ1) is 6.02. The van der Waals surface area contributed by atoms with Crippen LogP contribution in [0.1, 0.15) is 26.2 Å². The van der Waals surface area contributed by atoms with E-state index in [1.165, 1.54) is 0 Å². The molecule has 1 aliphatic heterocycles. The monoisotopic (exact) mass is 310 g/mol. The fourth-order valence-electron chi connectivity index (χ4n) is 1.29. The van der Waals surface area contributed by atoms with E-state index in [-0.39, 0.29) is 10.8 Å². The molecule has 0 aliphatic carbocycles. The van der Waals surface area contributed by atoms with Crippen LogP contribution in [0.4, 0.5) is 0 Å². The van der Waals surface area contributed by atoms with Gasteiger partial charge in [0, 0.05) is 0 Å². The van der Waals surface area contributed by atoms with E-state index in [4.69, 9.17) is 4.74 Å². The normalized spacial score (nSPS) is 33.6. The Labute approximate surface area is 95.0 Å². The topological polar surface area (TPSA) is 26.3 Å². The van der Waals surface area contributed by atoms with E-state index in [1.54, 1.807) is 0 Å². The molecular formula is C9H12Br2O2. The zero-order chi connectivity index (χ0) is 10.1. The van der Waals surface area contributed by atoms with E-state index >= 15 is 0 Å². The smallest absolute Gasteiger partial charge is 0.326 e. The Morgan fingerprint density at radius 3 is 2.69 bits per heavy atom. The molecule has 1 aliphatic rings. The Morgan fingerprint density at radius 1 is 1.69 bits per heavy atom. The largest absolute Gasteiger partial charge is 0.429 e. The van der Waals surface area contributed by atoms with Crippen LogP contribution in [0.2, 0.25) is 0 Å². The van der Waals surface area contributed by atoms with Crippen LogP contribution in [0.5, 0.6) is 0 Å². The van der Waals surface area contributed by atoms with Gasteiger partial charge in [-0.05, 0) is 6.42 Å². The number of halogens is 2. The Hall–Kier alpha value is 0.170. The minimum atomic E-state index is -0.403. The van der Waals surface area contributed by atoms with Crippen LogP contribution in [-0.2, 0) is 9.53 Å². The SMILES string of the molecule is C=C1OC(=O)C(Br)C1(Br)CCCC. The number of unbranched alkanes of at least 4 members (excludes halogenated alkanes) is 1. The summed E-state index contributed by atoms with van der Waals surface area (Å²) >= 11 is 6.84. The van der Waals surface area contributed by atoms with Crippen molar-refractivity contribution in [2.45, 2.75) is 35.3 Å².